The van der Waals surface area contributed by atoms with Crippen molar-refractivity contribution in [3.63, 3.8) is 0 Å². The topological polar surface area (TPSA) is 127 Å². The highest BCUT2D eigenvalue weighted by Gasteiger charge is 2.26. The standard InChI is InChI=1S/C24H25N5O4/c1-2-3-13-28-22(25)21(23(31)26-24(28)32)29(15-16-9-5-4-6-10-16)20(30)14-18-17-11-7-8-12-19(17)33-27-18/h4-12H,2-3,13-15,25H2,1H3,(H,26,31,32). The van der Waals surface area contributed by atoms with E-state index in [2.05, 4.69) is 10.1 Å². The van der Waals surface area contributed by atoms with E-state index in [9.17, 15) is 14.4 Å². The van der Waals surface area contributed by atoms with Crippen molar-refractivity contribution in [3.8, 4) is 0 Å². The fraction of sp³-hybridized carbons (Fsp3) is 0.250. The first-order valence-electron chi connectivity index (χ1n) is 10.8. The Balaban J connectivity index is 1.78. The monoisotopic (exact) mass is 447 g/mol. The van der Waals surface area contributed by atoms with Crippen molar-refractivity contribution in [2.24, 2.45) is 0 Å². The minimum atomic E-state index is -0.709. The lowest BCUT2D eigenvalue weighted by Crippen LogP contribution is -2.41. The Morgan fingerprint density at radius 2 is 1.85 bits per heavy atom. The van der Waals surface area contributed by atoms with Gasteiger partial charge in [0.1, 0.15) is 11.5 Å². The van der Waals surface area contributed by atoms with Crippen LogP contribution in [0.2, 0.25) is 0 Å². The Bertz CT molecular complexity index is 1390. The van der Waals surface area contributed by atoms with E-state index in [1.807, 2.05) is 55.5 Å². The minimum Gasteiger partial charge on any atom is -0.383 e. The minimum absolute atomic E-state index is 0.0357. The van der Waals surface area contributed by atoms with Crippen molar-refractivity contribution < 1.29 is 9.32 Å². The van der Waals surface area contributed by atoms with Crippen LogP contribution in [0.3, 0.4) is 0 Å². The lowest BCUT2D eigenvalue weighted by Gasteiger charge is -2.24. The van der Waals surface area contributed by atoms with Gasteiger partial charge < -0.3 is 10.3 Å². The summed E-state index contributed by atoms with van der Waals surface area (Å²) in [4.78, 5) is 42.4. The second kappa shape index (κ2) is 9.56. The van der Waals surface area contributed by atoms with E-state index in [-0.39, 0.29) is 24.5 Å². The number of aromatic nitrogens is 3. The van der Waals surface area contributed by atoms with Gasteiger partial charge in [-0.15, -0.1) is 0 Å². The molecule has 2 aromatic heterocycles. The van der Waals surface area contributed by atoms with Crippen LogP contribution < -0.4 is 21.9 Å². The summed E-state index contributed by atoms with van der Waals surface area (Å²) in [7, 11) is 0. The molecule has 0 saturated carbocycles. The molecule has 170 valence electrons. The van der Waals surface area contributed by atoms with Crippen molar-refractivity contribution in [3.05, 3.63) is 86.7 Å². The maximum atomic E-state index is 13.5. The van der Waals surface area contributed by atoms with E-state index in [0.29, 0.717) is 24.2 Å². The Morgan fingerprint density at radius 1 is 1.12 bits per heavy atom. The van der Waals surface area contributed by atoms with Gasteiger partial charge in [-0.1, -0.05) is 61.0 Å². The molecule has 2 aromatic carbocycles. The molecule has 9 heteroatoms. The molecule has 0 fully saturated rings. The van der Waals surface area contributed by atoms with Crippen LogP contribution in [0, 0.1) is 0 Å². The fourth-order valence-electron chi connectivity index (χ4n) is 3.74. The van der Waals surface area contributed by atoms with E-state index in [1.165, 1.54) is 9.47 Å². The summed E-state index contributed by atoms with van der Waals surface area (Å²) in [5.74, 6) is -0.428. The zero-order chi connectivity index (χ0) is 23.4. The number of para-hydroxylation sites is 1. The predicted molar refractivity (Wildman–Crippen MR) is 126 cm³/mol. The molecule has 3 N–H and O–H groups in total. The van der Waals surface area contributed by atoms with E-state index < -0.39 is 17.2 Å². The van der Waals surface area contributed by atoms with Crippen LogP contribution in [0.25, 0.3) is 11.0 Å². The van der Waals surface area contributed by atoms with Gasteiger partial charge in [-0.25, -0.2) is 4.79 Å². The van der Waals surface area contributed by atoms with Crippen molar-refractivity contribution in [1.82, 2.24) is 14.7 Å². The normalized spacial score (nSPS) is 11.1. The van der Waals surface area contributed by atoms with Crippen molar-refractivity contribution in [1.29, 1.82) is 0 Å². The second-order valence-electron chi connectivity index (χ2n) is 7.77. The molecule has 0 bridgehead atoms. The molecule has 0 aliphatic carbocycles. The smallest absolute Gasteiger partial charge is 0.330 e. The third-order valence-corrected chi connectivity index (χ3v) is 5.47. The third kappa shape index (κ3) is 4.57. The number of carbonyl (C=O) groups is 1. The summed E-state index contributed by atoms with van der Waals surface area (Å²) < 4.78 is 6.62. The second-order valence-corrected chi connectivity index (χ2v) is 7.77. The van der Waals surface area contributed by atoms with Crippen molar-refractivity contribution >= 4 is 28.4 Å². The molecule has 0 unspecified atom stereocenters. The van der Waals surface area contributed by atoms with Gasteiger partial charge in [0.25, 0.3) is 5.56 Å². The van der Waals surface area contributed by atoms with Gasteiger partial charge in [0.05, 0.1) is 13.0 Å². The molecular weight excluding hydrogens is 422 g/mol. The van der Waals surface area contributed by atoms with Gasteiger partial charge in [-0.3, -0.25) is 24.0 Å². The predicted octanol–water partition coefficient (Wildman–Crippen LogP) is 2.84. The number of rotatable bonds is 8. The summed E-state index contributed by atoms with van der Waals surface area (Å²) in [6.07, 6.45) is 1.44. The highest BCUT2D eigenvalue weighted by atomic mass is 16.5. The molecule has 4 rings (SSSR count). The Labute approximate surface area is 189 Å². The zero-order valence-corrected chi connectivity index (χ0v) is 18.3. The molecule has 0 spiro atoms. The van der Waals surface area contributed by atoms with Crippen LogP contribution in [-0.2, 0) is 24.3 Å². The van der Waals surface area contributed by atoms with Crippen LogP contribution in [0.5, 0.6) is 0 Å². The number of hydrogen-bond acceptors (Lipinski definition) is 6. The molecule has 0 aliphatic heterocycles. The highest BCUT2D eigenvalue weighted by molar-refractivity contribution is 5.98. The third-order valence-electron chi connectivity index (χ3n) is 5.47. The molecule has 0 saturated heterocycles. The number of nitrogens with zero attached hydrogens (tertiary/aromatic N) is 3. The molecule has 0 atom stereocenters. The SMILES string of the molecule is CCCCn1c(N)c(N(Cc2ccccc2)C(=O)Cc2noc3ccccc23)c(=O)[nH]c1=O. The number of H-pyrrole nitrogens is 1. The molecule has 0 radical (unpaired) electrons. The van der Waals surface area contributed by atoms with Crippen LogP contribution in [-0.4, -0.2) is 20.6 Å². The van der Waals surface area contributed by atoms with Crippen LogP contribution >= 0.6 is 0 Å². The van der Waals surface area contributed by atoms with E-state index in [4.69, 9.17) is 10.3 Å². The average Bonchev–Trinajstić information content (AvgIpc) is 3.21. The number of aromatic amines is 1. The molecule has 2 heterocycles. The zero-order valence-electron chi connectivity index (χ0n) is 18.3. The molecular formula is C24H25N5O4. The molecule has 0 aliphatic rings. The summed E-state index contributed by atoms with van der Waals surface area (Å²) in [5, 5.41) is 4.76. The first kappa shape index (κ1) is 22.1. The number of amides is 1. The Kier molecular flexibility index (Phi) is 6.39. The quantitative estimate of drug-likeness (QED) is 0.428. The van der Waals surface area contributed by atoms with Crippen molar-refractivity contribution in [2.45, 2.75) is 39.3 Å². The Hall–Kier alpha value is -4.14. The molecule has 33 heavy (non-hydrogen) atoms. The number of nitrogens with one attached hydrogen (secondary N) is 1. The van der Waals surface area contributed by atoms with Gasteiger partial charge in [0.15, 0.2) is 11.3 Å². The number of benzene rings is 2. The number of carbonyl (C=O) groups excluding carboxylic acids is 1. The first-order chi connectivity index (χ1) is 16.0. The Morgan fingerprint density at radius 3 is 2.61 bits per heavy atom. The maximum absolute atomic E-state index is 13.5. The largest absolute Gasteiger partial charge is 0.383 e. The molecule has 9 nitrogen and oxygen atoms in total. The van der Waals surface area contributed by atoms with E-state index in [1.54, 1.807) is 6.07 Å². The lowest BCUT2D eigenvalue weighted by molar-refractivity contribution is -0.118. The van der Waals surface area contributed by atoms with Gasteiger partial charge in [-0.05, 0) is 24.1 Å². The summed E-state index contributed by atoms with van der Waals surface area (Å²) >= 11 is 0. The highest BCUT2D eigenvalue weighted by Crippen LogP contribution is 2.23. The van der Waals surface area contributed by atoms with E-state index in [0.717, 1.165) is 17.4 Å². The van der Waals surface area contributed by atoms with Gasteiger partial charge in [0.2, 0.25) is 5.91 Å². The van der Waals surface area contributed by atoms with Crippen LogP contribution in [0.4, 0.5) is 11.5 Å². The molecule has 4 aromatic rings. The first-order valence-corrected chi connectivity index (χ1v) is 10.8. The van der Waals surface area contributed by atoms with Gasteiger partial charge >= 0.3 is 5.69 Å². The molecule has 1 amide bonds. The number of hydrogen-bond donors (Lipinski definition) is 2. The lowest BCUT2D eigenvalue weighted by atomic mass is 10.1. The number of nitrogen functional groups attached to an aromatic ring is 1. The number of unbranched alkanes of at least 4 members (excludes halogenated alkanes) is 1. The van der Waals surface area contributed by atoms with Crippen LogP contribution in [0.15, 0.2) is 68.7 Å². The van der Waals surface area contributed by atoms with Gasteiger partial charge in [0, 0.05) is 11.9 Å². The number of fused-ring (bicyclic) bond motifs is 1. The van der Waals surface area contributed by atoms with Crippen molar-refractivity contribution in [2.75, 3.05) is 10.6 Å². The fourth-order valence-corrected chi connectivity index (χ4v) is 3.74. The number of nitrogens with two attached hydrogens (primary N) is 1. The maximum Gasteiger partial charge on any atom is 0.330 e. The van der Waals surface area contributed by atoms with Crippen LogP contribution in [0.1, 0.15) is 31.0 Å². The summed E-state index contributed by atoms with van der Waals surface area (Å²) in [6.45, 7) is 2.43. The van der Waals surface area contributed by atoms with Gasteiger partial charge in [-0.2, -0.15) is 0 Å². The summed E-state index contributed by atoms with van der Waals surface area (Å²) in [5.41, 5.74) is 6.78. The number of anilines is 2. The van der Waals surface area contributed by atoms with E-state index >= 15 is 0 Å². The summed E-state index contributed by atoms with van der Waals surface area (Å²) in [6, 6.07) is 16.5. The average molecular weight is 447 g/mol.